The van der Waals surface area contributed by atoms with Crippen LogP contribution in [0.5, 0.6) is 5.75 Å². The molecule has 0 fully saturated rings. The van der Waals surface area contributed by atoms with E-state index in [4.69, 9.17) is 4.74 Å². The SMILES string of the molecule is COC(=O)NCCC(=O)Pc1ncc(-c2ccc3c4c(ccc3c2)-c2ccc3cc(-c5cnc(PC(=O)CCNC(=O)OC)[nH]5)ccc3c2OC4)[nH]1. The summed E-state index contributed by atoms with van der Waals surface area (Å²) in [6.45, 7) is 0.856. The monoisotopic (exact) mass is 736 g/mol. The van der Waals surface area contributed by atoms with Gasteiger partial charge in [-0.25, -0.2) is 19.6 Å². The molecule has 3 heterocycles. The number of hydrogen-bond donors (Lipinski definition) is 4. The van der Waals surface area contributed by atoms with E-state index in [1.807, 2.05) is 12.1 Å². The molecule has 0 spiro atoms. The van der Waals surface area contributed by atoms with Gasteiger partial charge in [-0.2, -0.15) is 0 Å². The van der Waals surface area contributed by atoms with E-state index in [0.717, 1.165) is 66.5 Å². The van der Waals surface area contributed by atoms with Crippen molar-refractivity contribution < 1.29 is 33.4 Å². The molecule has 1 aliphatic rings. The molecular weight excluding hydrogens is 702 g/mol. The van der Waals surface area contributed by atoms with Gasteiger partial charge in [0.25, 0.3) is 0 Å². The van der Waals surface area contributed by atoms with Gasteiger partial charge >= 0.3 is 12.2 Å². The van der Waals surface area contributed by atoms with Gasteiger partial charge in [0.1, 0.15) is 23.5 Å². The fourth-order valence-electron chi connectivity index (χ4n) is 6.10. The fraction of sp³-hybridized carbons (Fsp3) is 0.189. The van der Waals surface area contributed by atoms with Crippen LogP contribution in [-0.4, -0.2) is 70.5 Å². The summed E-state index contributed by atoms with van der Waals surface area (Å²) in [7, 11) is 2.27. The van der Waals surface area contributed by atoms with Crippen LogP contribution < -0.4 is 26.5 Å². The van der Waals surface area contributed by atoms with Crippen LogP contribution in [0.1, 0.15) is 18.4 Å². The third-order valence-corrected chi connectivity index (χ3v) is 10.7. The van der Waals surface area contributed by atoms with E-state index < -0.39 is 12.2 Å². The van der Waals surface area contributed by atoms with E-state index in [0.29, 0.717) is 17.7 Å². The summed E-state index contributed by atoms with van der Waals surface area (Å²) in [6.07, 6.45) is 2.74. The number of benzene rings is 4. The summed E-state index contributed by atoms with van der Waals surface area (Å²) in [4.78, 5) is 62.5. The minimum atomic E-state index is -0.563. The molecule has 4 aromatic carbocycles. The minimum absolute atomic E-state index is 0.0161. The molecule has 0 saturated carbocycles. The highest BCUT2D eigenvalue weighted by Crippen LogP contribution is 2.45. The van der Waals surface area contributed by atoms with Crippen LogP contribution in [0, 0.1) is 0 Å². The van der Waals surface area contributed by atoms with Crippen LogP contribution in [0.25, 0.3) is 55.2 Å². The van der Waals surface area contributed by atoms with Crippen LogP contribution in [0.2, 0.25) is 0 Å². The summed E-state index contributed by atoms with van der Waals surface area (Å²) in [5, 5.41) is 9.22. The molecule has 0 bridgehead atoms. The molecule has 0 radical (unpaired) electrons. The first-order chi connectivity index (χ1) is 25.3. The summed E-state index contributed by atoms with van der Waals surface area (Å²) in [5.74, 6) is 0.840. The molecule has 52 heavy (non-hydrogen) atoms. The first kappa shape index (κ1) is 34.8. The molecule has 2 amide bonds. The van der Waals surface area contributed by atoms with Crippen molar-refractivity contribution in [2.24, 2.45) is 0 Å². The Bertz CT molecular complexity index is 2190. The second-order valence-corrected chi connectivity index (χ2v) is 14.5. The molecule has 0 saturated heterocycles. The number of nitrogens with one attached hydrogen (secondary N) is 4. The number of carbonyl (C=O) groups is 4. The van der Waals surface area contributed by atoms with Gasteiger partial charge < -0.3 is 34.8 Å². The number of rotatable bonds is 12. The maximum Gasteiger partial charge on any atom is 0.406 e. The number of ether oxygens (including phenoxy) is 3. The number of methoxy groups -OCH3 is 2. The van der Waals surface area contributed by atoms with Crippen LogP contribution in [0.4, 0.5) is 9.59 Å². The molecule has 15 heteroatoms. The number of amides is 2. The Labute approximate surface area is 301 Å². The highest BCUT2D eigenvalue weighted by atomic mass is 31.1. The topological polar surface area (TPSA) is 177 Å². The number of imidazole rings is 2. The van der Waals surface area contributed by atoms with Gasteiger partial charge in [-0.3, -0.25) is 9.59 Å². The normalized spacial score (nSPS) is 12.2. The Kier molecular flexibility index (Phi) is 10.2. The molecule has 7 rings (SSSR count). The van der Waals surface area contributed by atoms with Gasteiger partial charge in [0.15, 0.2) is 11.0 Å². The van der Waals surface area contributed by atoms with E-state index in [1.165, 1.54) is 14.2 Å². The average Bonchev–Trinajstić information content (AvgIpc) is 3.83. The lowest BCUT2D eigenvalue weighted by molar-refractivity contribution is -0.111. The molecule has 6 aromatic rings. The molecule has 0 aliphatic carbocycles. The Morgan fingerprint density at radius 1 is 0.712 bits per heavy atom. The lowest BCUT2D eigenvalue weighted by Gasteiger charge is -2.24. The van der Waals surface area contributed by atoms with Crippen LogP contribution in [0.3, 0.4) is 0 Å². The number of carbonyl (C=O) groups excluding carboxylic acids is 4. The van der Waals surface area contributed by atoms with E-state index in [1.54, 1.807) is 12.4 Å². The van der Waals surface area contributed by atoms with Crippen LogP contribution in [-0.2, 0) is 25.7 Å². The van der Waals surface area contributed by atoms with Gasteiger partial charge in [-0.15, -0.1) is 0 Å². The molecular formula is C37H34N6O7P2. The average molecular weight is 737 g/mol. The Morgan fingerprint density at radius 3 is 1.79 bits per heavy atom. The van der Waals surface area contributed by atoms with E-state index >= 15 is 0 Å². The highest BCUT2D eigenvalue weighted by Gasteiger charge is 2.22. The fourth-order valence-corrected chi connectivity index (χ4v) is 7.78. The summed E-state index contributed by atoms with van der Waals surface area (Å²) in [5.41, 5.74) is 7.96. The number of H-pyrrole nitrogens is 2. The quantitative estimate of drug-likeness (QED) is 0.118. The zero-order valence-electron chi connectivity index (χ0n) is 28.2. The molecule has 2 aromatic heterocycles. The lowest BCUT2D eigenvalue weighted by Crippen LogP contribution is -2.25. The number of hydrogen-bond acceptors (Lipinski definition) is 9. The number of nitrogens with zero attached hydrogens (tertiary/aromatic N) is 2. The van der Waals surface area contributed by atoms with Crippen molar-refractivity contribution in [3.63, 3.8) is 0 Å². The summed E-state index contributed by atoms with van der Waals surface area (Å²) >= 11 is 0. The number of aromatic nitrogens is 4. The molecule has 264 valence electrons. The van der Waals surface area contributed by atoms with Crippen molar-refractivity contribution in [2.75, 3.05) is 27.3 Å². The number of aromatic amines is 2. The van der Waals surface area contributed by atoms with Gasteiger partial charge in [0.2, 0.25) is 0 Å². The summed E-state index contributed by atoms with van der Waals surface area (Å²) in [6, 6.07) is 20.9. The van der Waals surface area contributed by atoms with Crippen molar-refractivity contribution in [2.45, 2.75) is 19.4 Å². The second kappa shape index (κ2) is 15.3. The van der Waals surface area contributed by atoms with Crippen molar-refractivity contribution >= 4 is 73.1 Å². The summed E-state index contributed by atoms with van der Waals surface area (Å²) < 4.78 is 15.5. The van der Waals surface area contributed by atoms with Crippen molar-refractivity contribution in [1.82, 2.24) is 30.6 Å². The predicted molar refractivity (Wildman–Crippen MR) is 202 cm³/mol. The van der Waals surface area contributed by atoms with Crippen molar-refractivity contribution in [1.29, 1.82) is 0 Å². The maximum absolute atomic E-state index is 12.4. The predicted octanol–water partition coefficient (Wildman–Crippen LogP) is 5.49. The molecule has 4 N–H and O–H groups in total. The first-order valence-corrected chi connectivity index (χ1v) is 18.4. The van der Waals surface area contributed by atoms with E-state index in [-0.39, 0.29) is 54.1 Å². The Morgan fingerprint density at radius 2 is 1.23 bits per heavy atom. The first-order valence-electron chi connectivity index (χ1n) is 16.4. The van der Waals surface area contributed by atoms with E-state index in [2.05, 4.69) is 88.6 Å². The lowest BCUT2D eigenvalue weighted by atomic mass is 9.89. The van der Waals surface area contributed by atoms with Crippen molar-refractivity contribution in [3.05, 3.63) is 78.6 Å². The molecule has 2 atom stereocenters. The zero-order valence-corrected chi connectivity index (χ0v) is 30.2. The van der Waals surface area contributed by atoms with Crippen LogP contribution in [0.15, 0.2) is 73.1 Å². The standard InChI is InChI=1S/C37H34N6O7P2/c1-48-36(46)38-13-11-31(44)51-34-40-17-29(42-34)22-5-7-24-20(15-22)3-9-26-27-10-4-21-16-23(6-8-25(21)33(27)50-19-28(24)26)30-18-41-35(43-30)52-32(45)12-14-39-37(47)49-2/h3-10,15-18,51-52H,11-14,19H2,1-2H3,(H,38,46)(H,39,47)(H,40,42)(H,41,43). The number of fused-ring (bicyclic) bond motifs is 7. The largest absolute Gasteiger partial charge is 0.488 e. The molecule has 13 nitrogen and oxygen atoms in total. The Balaban J connectivity index is 1.05. The number of alkyl carbamates (subject to hydrolysis) is 2. The highest BCUT2D eigenvalue weighted by molar-refractivity contribution is 7.65. The second-order valence-electron chi connectivity index (χ2n) is 11.9. The van der Waals surface area contributed by atoms with Crippen LogP contribution >= 0.6 is 17.2 Å². The third kappa shape index (κ3) is 7.51. The van der Waals surface area contributed by atoms with Crippen molar-refractivity contribution in [3.8, 4) is 39.4 Å². The molecule has 2 unspecified atom stereocenters. The van der Waals surface area contributed by atoms with E-state index in [9.17, 15) is 19.2 Å². The van der Waals surface area contributed by atoms with Gasteiger partial charge in [-0.05, 0) is 39.9 Å². The van der Waals surface area contributed by atoms with Gasteiger partial charge in [0, 0.05) is 70.7 Å². The van der Waals surface area contributed by atoms with Gasteiger partial charge in [0.05, 0.1) is 38.0 Å². The maximum atomic E-state index is 12.4. The zero-order chi connectivity index (χ0) is 36.2. The smallest absolute Gasteiger partial charge is 0.406 e. The Hall–Kier alpha value is -5.64. The minimum Gasteiger partial charge on any atom is -0.488 e. The van der Waals surface area contributed by atoms with Gasteiger partial charge in [-0.1, -0.05) is 42.5 Å². The third-order valence-electron chi connectivity index (χ3n) is 8.66. The molecule has 1 aliphatic heterocycles.